The number of aromatic nitrogens is 2. The monoisotopic (exact) mass is 581 g/mol. The van der Waals surface area contributed by atoms with Crippen molar-refractivity contribution in [3.05, 3.63) is 63.8 Å². The van der Waals surface area contributed by atoms with Gasteiger partial charge in [-0.25, -0.2) is 0 Å². The second kappa shape index (κ2) is 11.0. The first-order chi connectivity index (χ1) is 19.3. The number of aliphatic hydroxyl groups is 1. The van der Waals surface area contributed by atoms with Gasteiger partial charge in [0.15, 0.2) is 5.76 Å². The van der Waals surface area contributed by atoms with Crippen LogP contribution >= 0.6 is 22.9 Å². The fourth-order valence-electron chi connectivity index (χ4n) is 5.60. The summed E-state index contributed by atoms with van der Waals surface area (Å²) in [6.07, 6.45) is 1.36. The van der Waals surface area contributed by atoms with Crippen LogP contribution in [-0.4, -0.2) is 74.4 Å². The van der Waals surface area contributed by atoms with E-state index in [0.29, 0.717) is 45.7 Å². The summed E-state index contributed by atoms with van der Waals surface area (Å²) in [5, 5.41) is 18.4. The molecule has 0 aliphatic carbocycles. The first kappa shape index (κ1) is 27.0. The molecule has 5 heterocycles. The lowest BCUT2D eigenvalue weighted by molar-refractivity contribution is -0.0516. The van der Waals surface area contributed by atoms with Crippen molar-refractivity contribution < 1.29 is 19.2 Å². The van der Waals surface area contributed by atoms with Crippen molar-refractivity contribution in [2.45, 2.75) is 58.0 Å². The molecule has 9 nitrogen and oxygen atoms in total. The molecule has 1 atom stereocenters. The zero-order valence-corrected chi connectivity index (χ0v) is 24.0. The first-order valence-electron chi connectivity index (χ1n) is 13.7. The molecule has 2 N–H and O–H groups in total. The number of nitrogens with zero attached hydrogens (tertiary/aromatic N) is 4. The summed E-state index contributed by atoms with van der Waals surface area (Å²) in [5.74, 6) is -0.0554. The van der Waals surface area contributed by atoms with Crippen molar-refractivity contribution >= 4 is 45.7 Å². The first-order valence-corrected chi connectivity index (χ1v) is 14.9. The predicted octanol–water partition coefficient (Wildman–Crippen LogP) is 4.83. The maximum atomic E-state index is 14.0. The molecule has 0 saturated carbocycles. The van der Waals surface area contributed by atoms with Gasteiger partial charge in [-0.2, -0.15) is 0 Å². The molecule has 6 rings (SSSR count). The smallest absolute Gasteiger partial charge is 0.269 e. The third-order valence-electron chi connectivity index (χ3n) is 7.94. The van der Waals surface area contributed by atoms with Crippen LogP contribution in [-0.2, 0) is 6.54 Å². The standard InChI is InChI=1S/C29H32ClN5O4S/c1-17(2)33-12-9-18(10-13-33)31-28(37)27-26(29(38)34-14-11-25(34)36)20-5-3-4-6-21(20)35(27)16-19-15-22(39-32-19)23-7-8-24(30)40-23/h3-8,15,17-18,25,36H,9-14,16H2,1-2H3,(H,31,37). The van der Waals surface area contributed by atoms with Crippen LogP contribution in [0.3, 0.4) is 0 Å². The van der Waals surface area contributed by atoms with Gasteiger partial charge >= 0.3 is 0 Å². The number of carbonyl (C=O) groups is 2. The molecule has 1 aromatic carbocycles. The summed E-state index contributed by atoms with van der Waals surface area (Å²) in [6.45, 7) is 6.86. The highest BCUT2D eigenvalue weighted by atomic mass is 35.5. The van der Waals surface area contributed by atoms with Crippen LogP contribution < -0.4 is 5.32 Å². The quantitative estimate of drug-likeness (QED) is 0.324. The highest BCUT2D eigenvalue weighted by Gasteiger charge is 2.37. The van der Waals surface area contributed by atoms with E-state index in [0.717, 1.165) is 36.3 Å². The summed E-state index contributed by atoms with van der Waals surface area (Å²) >= 11 is 7.50. The van der Waals surface area contributed by atoms with Crippen molar-refractivity contribution in [3.63, 3.8) is 0 Å². The average molecular weight is 582 g/mol. The zero-order valence-electron chi connectivity index (χ0n) is 22.5. The van der Waals surface area contributed by atoms with E-state index < -0.39 is 6.23 Å². The molecule has 11 heteroatoms. The molecule has 0 bridgehead atoms. The number of carbonyl (C=O) groups excluding carboxylic acids is 2. The number of para-hydroxylation sites is 1. The molecule has 40 heavy (non-hydrogen) atoms. The second-order valence-corrected chi connectivity index (χ2v) is 12.5. The lowest BCUT2D eigenvalue weighted by Crippen LogP contribution is -2.51. The Kier molecular flexibility index (Phi) is 7.43. The number of hydrogen-bond acceptors (Lipinski definition) is 7. The van der Waals surface area contributed by atoms with Gasteiger partial charge in [0.1, 0.15) is 17.6 Å². The molecule has 210 valence electrons. The largest absolute Gasteiger partial charge is 0.373 e. The van der Waals surface area contributed by atoms with Crippen LogP contribution in [0, 0.1) is 0 Å². The Morgan fingerprint density at radius 2 is 1.93 bits per heavy atom. The minimum atomic E-state index is -0.846. The summed E-state index contributed by atoms with van der Waals surface area (Å²) in [5.41, 5.74) is 1.94. The summed E-state index contributed by atoms with van der Waals surface area (Å²) in [7, 11) is 0. The van der Waals surface area contributed by atoms with Gasteiger partial charge < -0.3 is 29.3 Å². The molecule has 2 saturated heterocycles. The Hall–Kier alpha value is -3.18. The van der Waals surface area contributed by atoms with Crippen LogP contribution in [0.4, 0.5) is 0 Å². The fourth-order valence-corrected chi connectivity index (χ4v) is 6.59. The number of fused-ring (bicyclic) bond motifs is 1. The van der Waals surface area contributed by atoms with Crippen molar-refractivity contribution in [1.82, 2.24) is 24.8 Å². The highest BCUT2D eigenvalue weighted by Crippen LogP contribution is 2.34. The molecule has 0 radical (unpaired) electrons. The molecule has 4 aromatic rings. The van der Waals surface area contributed by atoms with Gasteiger partial charge in [-0.1, -0.05) is 35.0 Å². The van der Waals surface area contributed by atoms with Gasteiger partial charge in [-0.3, -0.25) is 9.59 Å². The minimum absolute atomic E-state index is 0.00810. The lowest BCUT2D eigenvalue weighted by Gasteiger charge is -2.37. The molecular weight excluding hydrogens is 550 g/mol. The number of rotatable bonds is 7. The van der Waals surface area contributed by atoms with Crippen LogP contribution in [0.1, 0.15) is 59.7 Å². The number of aliphatic hydroxyl groups excluding tert-OH is 1. The number of hydrogen-bond donors (Lipinski definition) is 2. The predicted molar refractivity (Wildman–Crippen MR) is 155 cm³/mol. The van der Waals surface area contributed by atoms with Gasteiger partial charge in [0.2, 0.25) is 0 Å². The van der Waals surface area contributed by atoms with E-state index in [1.165, 1.54) is 16.2 Å². The Morgan fingerprint density at radius 1 is 1.15 bits per heavy atom. The van der Waals surface area contributed by atoms with Crippen LogP contribution in [0.5, 0.6) is 0 Å². The molecule has 2 fully saturated rings. The number of thiophene rings is 1. The maximum Gasteiger partial charge on any atom is 0.269 e. The van der Waals surface area contributed by atoms with Gasteiger partial charge in [-0.05, 0) is 44.9 Å². The molecule has 0 spiro atoms. The Bertz CT molecular complexity index is 1550. The number of likely N-dealkylation sites (tertiary alicyclic amines) is 2. The van der Waals surface area contributed by atoms with Crippen LogP contribution in [0.15, 0.2) is 47.0 Å². The van der Waals surface area contributed by atoms with Crippen molar-refractivity contribution in [2.75, 3.05) is 19.6 Å². The SMILES string of the molecule is CC(C)N1CCC(NC(=O)c2c(C(=O)N3CCC3O)c3ccccc3n2Cc2cc(-c3ccc(Cl)s3)on2)CC1. The van der Waals surface area contributed by atoms with Gasteiger partial charge in [-0.15, -0.1) is 11.3 Å². The number of halogens is 1. The normalized spacial score (nSPS) is 18.4. The number of piperidine rings is 1. The van der Waals surface area contributed by atoms with E-state index in [-0.39, 0.29) is 30.1 Å². The van der Waals surface area contributed by atoms with Crippen molar-refractivity contribution in [1.29, 1.82) is 0 Å². The number of benzene rings is 1. The topological polar surface area (TPSA) is 104 Å². The number of nitrogens with one attached hydrogen (secondary N) is 1. The Labute approximate surface area is 241 Å². The minimum Gasteiger partial charge on any atom is -0.373 e. The molecule has 1 unspecified atom stereocenters. The van der Waals surface area contributed by atoms with Crippen molar-refractivity contribution in [3.8, 4) is 10.6 Å². The molecule has 2 aliphatic heterocycles. The second-order valence-electron chi connectivity index (χ2n) is 10.8. The van der Waals surface area contributed by atoms with E-state index in [1.807, 2.05) is 41.0 Å². The summed E-state index contributed by atoms with van der Waals surface area (Å²) in [6, 6.07) is 13.5. The number of amides is 2. The van der Waals surface area contributed by atoms with Gasteiger partial charge in [0.25, 0.3) is 11.8 Å². The molecule has 2 aliphatic rings. The average Bonchev–Trinajstić information content (AvgIpc) is 3.66. The van der Waals surface area contributed by atoms with Gasteiger partial charge in [0.05, 0.1) is 21.3 Å². The van der Waals surface area contributed by atoms with Crippen LogP contribution in [0.2, 0.25) is 4.34 Å². The Balaban J connectivity index is 1.38. The molecule has 2 amide bonds. The molecule has 3 aromatic heterocycles. The lowest BCUT2D eigenvalue weighted by atomic mass is 10.0. The fraction of sp³-hybridized carbons (Fsp3) is 0.414. The van der Waals surface area contributed by atoms with Crippen molar-refractivity contribution in [2.24, 2.45) is 0 Å². The van der Waals surface area contributed by atoms with E-state index in [9.17, 15) is 14.7 Å². The zero-order chi connectivity index (χ0) is 28.0. The van der Waals surface area contributed by atoms with E-state index in [2.05, 4.69) is 29.2 Å². The third-order valence-corrected chi connectivity index (χ3v) is 9.18. The Morgan fingerprint density at radius 3 is 2.58 bits per heavy atom. The summed E-state index contributed by atoms with van der Waals surface area (Å²) < 4.78 is 8.10. The third kappa shape index (κ3) is 5.05. The summed E-state index contributed by atoms with van der Waals surface area (Å²) in [4.78, 5) is 32.5. The van der Waals surface area contributed by atoms with Crippen LogP contribution in [0.25, 0.3) is 21.5 Å². The highest BCUT2D eigenvalue weighted by molar-refractivity contribution is 7.19. The van der Waals surface area contributed by atoms with E-state index in [1.54, 1.807) is 6.07 Å². The molecular formula is C29H32ClN5O4S. The van der Waals surface area contributed by atoms with Gasteiger partial charge in [0, 0.05) is 55.1 Å². The van der Waals surface area contributed by atoms with E-state index in [4.69, 9.17) is 16.1 Å². The van der Waals surface area contributed by atoms with E-state index >= 15 is 0 Å². The maximum absolute atomic E-state index is 14.0.